The molecule has 2 rings (SSSR count). The normalized spacial score (nSPS) is 9.88. The molecule has 0 saturated heterocycles. The quantitative estimate of drug-likeness (QED) is 0.216. The van der Waals surface area contributed by atoms with Crippen LogP contribution in [0.2, 0.25) is 0 Å². The molecule has 0 aromatic heterocycles. The SMILES string of the molecule is [N-]=[N+]=Nc1ccc(C(=O)OCc2ccc([N+](=O)[O-])c(CO)c2)cc1. The van der Waals surface area contributed by atoms with Crippen molar-refractivity contribution in [2.45, 2.75) is 13.2 Å². The van der Waals surface area contributed by atoms with Crippen molar-refractivity contribution in [3.63, 3.8) is 0 Å². The topological polar surface area (TPSA) is 138 Å². The minimum Gasteiger partial charge on any atom is -0.457 e. The van der Waals surface area contributed by atoms with Gasteiger partial charge in [-0.25, -0.2) is 4.79 Å². The van der Waals surface area contributed by atoms with E-state index in [0.717, 1.165) is 0 Å². The molecule has 0 aliphatic heterocycles. The summed E-state index contributed by atoms with van der Waals surface area (Å²) in [6.07, 6.45) is 0. The minimum absolute atomic E-state index is 0.0953. The van der Waals surface area contributed by atoms with Crippen LogP contribution in [0.4, 0.5) is 11.4 Å². The molecule has 0 spiro atoms. The van der Waals surface area contributed by atoms with E-state index in [1.165, 1.54) is 42.5 Å². The van der Waals surface area contributed by atoms with Gasteiger partial charge in [0.15, 0.2) is 0 Å². The van der Waals surface area contributed by atoms with Crippen LogP contribution >= 0.6 is 0 Å². The third kappa shape index (κ3) is 4.07. The zero-order valence-corrected chi connectivity index (χ0v) is 12.3. The average Bonchev–Trinajstić information content (AvgIpc) is 2.60. The van der Waals surface area contributed by atoms with Crippen LogP contribution < -0.4 is 0 Å². The number of carbonyl (C=O) groups is 1. The van der Waals surface area contributed by atoms with E-state index in [1.54, 1.807) is 0 Å². The lowest BCUT2D eigenvalue weighted by Gasteiger charge is -2.07. The van der Waals surface area contributed by atoms with Gasteiger partial charge in [0.1, 0.15) is 6.61 Å². The summed E-state index contributed by atoms with van der Waals surface area (Å²) in [6, 6.07) is 10.00. The summed E-state index contributed by atoms with van der Waals surface area (Å²) < 4.78 is 5.12. The van der Waals surface area contributed by atoms with Gasteiger partial charge in [0.2, 0.25) is 0 Å². The van der Waals surface area contributed by atoms with Crippen molar-refractivity contribution >= 4 is 17.3 Å². The zero-order chi connectivity index (χ0) is 17.5. The van der Waals surface area contributed by atoms with Gasteiger partial charge in [0, 0.05) is 16.7 Å². The van der Waals surface area contributed by atoms with E-state index in [2.05, 4.69) is 10.0 Å². The van der Waals surface area contributed by atoms with Gasteiger partial charge >= 0.3 is 5.97 Å². The zero-order valence-electron chi connectivity index (χ0n) is 12.3. The predicted octanol–water partition coefficient (Wildman–Crippen LogP) is 3.39. The van der Waals surface area contributed by atoms with Gasteiger partial charge in [-0.1, -0.05) is 17.2 Å². The number of nitrogens with zero attached hydrogens (tertiary/aromatic N) is 4. The lowest BCUT2D eigenvalue weighted by molar-refractivity contribution is -0.385. The highest BCUT2D eigenvalue weighted by atomic mass is 16.6. The highest BCUT2D eigenvalue weighted by molar-refractivity contribution is 5.89. The van der Waals surface area contributed by atoms with E-state index >= 15 is 0 Å². The number of carbonyl (C=O) groups excluding carboxylic acids is 1. The second-order valence-electron chi connectivity index (χ2n) is 4.69. The van der Waals surface area contributed by atoms with Crippen LogP contribution in [0.15, 0.2) is 47.6 Å². The van der Waals surface area contributed by atoms with Crippen molar-refractivity contribution < 1.29 is 19.6 Å². The number of nitro benzene ring substituents is 1. The molecule has 2 aromatic rings. The Labute approximate surface area is 135 Å². The van der Waals surface area contributed by atoms with Crippen LogP contribution in [0.25, 0.3) is 10.4 Å². The lowest BCUT2D eigenvalue weighted by atomic mass is 10.1. The lowest BCUT2D eigenvalue weighted by Crippen LogP contribution is -2.05. The molecule has 0 unspecified atom stereocenters. The molecule has 0 bridgehead atoms. The minimum atomic E-state index is -0.591. The van der Waals surface area contributed by atoms with Gasteiger partial charge in [-0.15, -0.1) is 0 Å². The Morgan fingerprint density at radius 1 is 1.29 bits per heavy atom. The fraction of sp³-hybridized carbons (Fsp3) is 0.133. The molecule has 9 nitrogen and oxygen atoms in total. The van der Waals surface area contributed by atoms with Crippen molar-refractivity contribution in [1.82, 2.24) is 0 Å². The summed E-state index contributed by atoms with van der Waals surface area (Å²) in [4.78, 5) is 24.8. The fourth-order valence-corrected chi connectivity index (χ4v) is 1.98. The molecular weight excluding hydrogens is 316 g/mol. The van der Waals surface area contributed by atoms with E-state index in [4.69, 9.17) is 10.3 Å². The first kappa shape index (κ1) is 16.9. The molecule has 24 heavy (non-hydrogen) atoms. The van der Waals surface area contributed by atoms with Crippen molar-refractivity contribution in [2.75, 3.05) is 0 Å². The molecule has 0 aliphatic carbocycles. The van der Waals surface area contributed by atoms with E-state index in [9.17, 15) is 20.0 Å². The number of benzene rings is 2. The number of esters is 1. The maximum absolute atomic E-state index is 11.9. The summed E-state index contributed by atoms with van der Waals surface area (Å²) in [6.45, 7) is -0.582. The smallest absolute Gasteiger partial charge is 0.338 e. The first-order valence-electron chi connectivity index (χ1n) is 6.74. The highest BCUT2D eigenvalue weighted by Gasteiger charge is 2.14. The first-order valence-corrected chi connectivity index (χ1v) is 6.74. The van der Waals surface area contributed by atoms with Gasteiger partial charge in [-0.2, -0.15) is 0 Å². The van der Waals surface area contributed by atoms with Crippen molar-refractivity contribution in [3.05, 3.63) is 79.7 Å². The van der Waals surface area contributed by atoms with Crippen LogP contribution in [-0.2, 0) is 18.0 Å². The standard InChI is InChI=1S/C15H12N4O5/c16-18-17-13-4-2-11(3-5-13)15(21)24-9-10-1-6-14(19(22)23)12(7-10)8-20/h1-7,20H,8-9H2. The van der Waals surface area contributed by atoms with Crippen molar-refractivity contribution in [3.8, 4) is 0 Å². The Balaban J connectivity index is 2.05. The third-order valence-electron chi connectivity index (χ3n) is 3.14. The number of azide groups is 1. The van der Waals surface area contributed by atoms with Crippen LogP contribution in [0.1, 0.15) is 21.5 Å². The molecule has 1 N–H and O–H groups in total. The van der Waals surface area contributed by atoms with Gasteiger partial charge in [-0.3, -0.25) is 10.1 Å². The molecule has 0 atom stereocenters. The summed E-state index contributed by atoms with van der Waals surface area (Å²) in [5.74, 6) is -0.591. The molecule has 0 aliphatic rings. The largest absolute Gasteiger partial charge is 0.457 e. The number of hydrogen-bond acceptors (Lipinski definition) is 6. The number of rotatable bonds is 6. The maximum atomic E-state index is 11.9. The molecule has 9 heteroatoms. The van der Waals surface area contributed by atoms with E-state index in [1.807, 2.05) is 0 Å². The predicted molar refractivity (Wildman–Crippen MR) is 83.4 cm³/mol. The van der Waals surface area contributed by atoms with Crippen LogP contribution in [0.5, 0.6) is 0 Å². The van der Waals surface area contributed by atoms with Gasteiger partial charge in [-0.05, 0) is 35.4 Å². The summed E-state index contributed by atoms with van der Waals surface area (Å²) in [7, 11) is 0. The number of aliphatic hydroxyl groups excluding tert-OH is 1. The molecule has 0 heterocycles. The van der Waals surface area contributed by atoms with Gasteiger partial charge < -0.3 is 9.84 Å². The summed E-state index contributed by atoms with van der Waals surface area (Å²) in [5.41, 5.74) is 9.43. The van der Waals surface area contributed by atoms with E-state index in [-0.39, 0.29) is 23.4 Å². The van der Waals surface area contributed by atoms with Crippen molar-refractivity contribution in [1.29, 1.82) is 0 Å². The molecule has 0 amide bonds. The molecule has 0 radical (unpaired) electrons. The molecule has 2 aromatic carbocycles. The number of aliphatic hydroxyl groups is 1. The number of nitro groups is 1. The highest BCUT2D eigenvalue weighted by Crippen LogP contribution is 2.21. The van der Waals surface area contributed by atoms with Gasteiger partial charge in [0.05, 0.1) is 22.7 Å². The van der Waals surface area contributed by atoms with Crippen molar-refractivity contribution in [2.24, 2.45) is 5.11 Å². The fourth-order valence-electron chi connectivity index (χ4n) is 1.98. The summed E-state index contributed by atoms with van der Waals surface area (Å²) in [5, 5.41) is 23.4. The monoisotopic (exact) mass is 328 g/mol. The first-order chi connectivity index (χ1) is 11.5. The Kier molecular flexibility index (Phi) is 5.45. The van der Waals surface area contributed by atoms with Crippen LogP contribution in [-0.4, -0.2) is 16.0 Å². The van der Waals surface area contributed by atoms with E-state index in [0.29, 0.717) is 11.3 Å². The Morgan fingerprint density at radius 2 is 2.00 bits per heavy atom. The van der Waals surface area contributed by atoms with E-state index < -0.39 is 17.5 Å². The third-order valence-corrected chi connectivity index (χ3v) is 3.14. The van der Waals surface area contributed by atoms with Gasteiger partial charge in [0.25, 0.3) is 5.69 Å². The molecule has 0 saturated carbocycles. The Hall–Kier alpha value is -3.42. The molecule has 0 fully saturated rings. The second-order valence-corrected chi connectivity index (χ2v) is 4.69. The molecular formula is C15H12N4O5. The number of ether oxygens (including phenoxy) is 1. The maximum Gasteiger partial charge on any atom is 0.338 e. The average molecular weight is 328 g/mol. The molecule has 122 valence electrons. The van der Waals surface area contributed by atoms with Crippen LogP contribution in [0.3, 0.4) is 0 Å². The number of hydrogen-bond donors (Lipinski definition) is 1. The Bertz CT molecular complexity index is 813. The second kappa shape index (κ2) is 7.73. The summed E-state index contributed by atoms with van der Waals surface area (Å²) >= 11 is 0. The van der Waals surface area contributed by atoms with Crippen LogP contribution in [0, 0.1) is 10.1 Å². The Morgan fingerprint density at radius 3 is 2.58 bits per heavy atom.